The summed E-state index contributed by atoms with van der Waals surface area (Å²) >= 11 is 0. The molecule has 1 aliphatic carbocycles. The van der Waals surface area contributed by atoms with Crippen LogP contribution in [0.2, 0.25) is 19.6 Å². The van der Waals surface area contributed by atoms with E-state index in [0.29, 0.717) is 32.1 Å². The fourth-order valence-electron chi connectivity index (χ4n) is 5.31. The van der Waals surface area contributed by atoms with Gasteiger partial charge in [-0.1, -0.05) is 40.4 Å². The van der Waals surface area contributed by atoms with Gasteiger partial charge in [0.05, 0.1) is 13.2 Å². The van der Waals surface area contributed by atoms with E-state index in [1.807, 2.05) is 21.0 Å². The summed E-state index contributed by atoms with van der Waals surface area (Å²) in [5, 5.41) is 3.07. The van der Waals surface area contributed by atoms with Crippen molar-refractivity contribution >= 4 is 14.0 Å². The molecule has 5 atom stereocenters. The molecule has 1 saturated carbocycles. The minimum atomic E-state index is -1.80. The molecule has 3 rings (SSSR count). The molecule has 8 nitrogen and oxygen atoms in total. The summed E-state index contributed by atoms with van der Waals surface area (Å²) in [6, 6.07) is 0. The highest BCUT2D eigenvalue weighted by Crippen LogP contribution is 2.53. The van der Waals surface area contributed by atoms with Crippen LogP contribution < -0.4 is 5.32 Å². The maximum absolute atomic E-state index is 12.9. The predicted molar refractivity (Wildman–Crippen MR) is 138 cm³/mol. The molecule has 9 heteroatoms. The molecule has 1 N–H and O–H groups in total. The molecule has 204 valence electrons. The molecule has 0 aromatic heterocycles. The van der Waals surface area contributed by atoms with Gasteiger partial charge in [-0.15, -0.1) is 0 Å². The number of hydrogen-bond acceptors (Lipinski definition) is 7. The highest BCUT2D eigenvalue weighted by atomic mass is 28.3. The van der Waals surface area contributed by atoms with Crippen LogP contribution in [0.3, 0.4) is 0 Å². The normalized spacial score (nSPS) is 34.9. The van der Waals surface area contributed by atoms with Crippen LogP contribution in [-0.4, -0.2) is 76.8 Å². The molecule has 2 unspecified atom stereocenters. The largest absolute Gasteiger partial charge is 0.355 e. The Morgan fingerprint density at radius 2 is 1.74 bits per heavy atom. The fraction of sp³-hybridized carbons (Fsp3) is 0.962. The standard InChI is InChI=1S/C26H50N2O6Si/c1-19-10-11-20(16-22(29)27-14-15-28(5)6)26(32-23(33-34-26)35(7,8)9)21(19)12-13-25(4)30-17-24(2,3)18-31-25/h19-21,23H,10-18H2,1-9H3,(H,27,29)/t19-,20+,21+,23?,26?/m1/s1. The van der Waals surface area contributed by atoms with Crippen LogP contribution in [-0.2, 0) is 28.8 Å². The van der Waals surface area contributed by atoms with Crippen LogP contribution in [0, 0.1) is 23.2 Å². The molecule has 2 heterocycles. The molecule has 2 saturated heterocycles. The van der Waals surface area contributed by atoms with Crippen LogP contribution in [0.4, 0.5) is 0 Å². The maximum atomic E-state index is 12.9. The quantitative estimate of drug-likeness (QED) is 0.366. The highest BCUT2D eigenvalue weighted by molar-refractivity contribution is 6.77. The molecule has 3 fully saturated rings. The van der Waals surface area contributed by atoms with Crippen molar-refractivity contribution in [2.24, 2.45) is 23.2 Å². The molecule has 0 radical (unpaired) electrons. The number of nitrogens with one attached hydrogen (secondary N) is 1. The van der Waals surface area contributed by atoms with Crippen LogP contribution in [0.15, 0.2) is 0 Å². The monoisotopic (exact) mass is 514 g/mol. The zero-order valence-corrected chi connectivity index (χ0v) is 24.6. The van der Waals surface area contributed by atoms with Gasteiger partial charge in [-0.25, -0.2) is 4.89 Å². The van der Waals surface area contributed by atoms with Gasteiger partial charge in [0.2, 0.25) is 11.7 Å². The van der Waals surface area contributed by atoms with E-state index in [2.05, 4.69) is 50.6 Å². The molecular weight excluding hydrogens is 464 g/mol. The van der Waals surface area contributed by atoms with E-state index >= 15 is 0 Å². The second-order valence-electron chi connectivity index (χ2n) is 13.3. The van der Waals surface area contributed by atoms with E-state index in [4.69, 9.17) is 24.0 Å². The van der Waals surface area contributed by atoms with E-state index in [0.717, 1.165) is 32.2 Å². The third kappa shape index (κ3) is 7.27. The summed E-state index contributed by atoms with van der Waals surface area (Å²) in [4.78, 5) is 27.1. The van der Waals surface area contributed by atoms with Crippen molar-refractivity contribution in [1.82, 2.24) is 10.2 Å². The zero-order valence-electron chi connectivity index (χ0n) is 23.6. The van der Waals surface area contributed by atoms with Crippen molar-refractivity contribution in [2.45, 2.75) is 96.9 Å². The Morgan fingerprint density at radius 1 is 1.09 bits per heavy atom. The van der Waals surface area contributed by atoms with E-state index in [-0.39, 0.29) is 29.1 Å². The van der Waals surface area contributed by atoms with Gasteiger partial charge in [-0.2, -0.15) is 4.89 Å². The minimum Gasteiger partial charge on any atom is -0.355 e. The van der Waals surface area contributed by atoms with Crippen molar-refractivity contribution in [3.8, 4) is 0 Å². The summed E-state index contributed by atoms with van der Waals surface area (Å²) in [5.41, 5.74) is 0.0278. The summed E-state index contributed by atoms with van der Waals surface area (Å²) in [6.07, 6.45) is 3.83. The van der Waals surface area contributed by atoms with Crippen molar-refractivity contribution in [3.05, 3.63) is 0 Å². The van der Waals surface area contributed by atoms with Gasteiger partial charge < -0.3 is 24.4 Å². The van der Waals surface area contributed by atoms with Gasteiger partial charge >= 0.3 is 0 Å². The van der Waals surface area contributed by atoms with Gasteiger partial charge in [0.25, 0.3) is 0 Å². The first-order chi connectivity index (χ1) is 16.2. The topological polar surface area (TPSA) is 78.5 Å². The predicted octanol–water partition coefficient (Wildman–Crippen LogP) is 4.16. The SMILES string of the molecule is C[C@@H]1CC[C@@H](CC(=O)NCCN(C)C)C2(OOC([Si](C)(C)C)O2)[C@H]1CCC1(C)OCC(C)(C)CO1. The van der Waals surface area contributed by atoms with Crippen molar-refractivity contribution < 1.29 is 28.8 Å². The Balaban J connectivity index is 1.76. The molecule has 0 bridgehead atoms. The van der Waals surface area contributed by atoms with Gasteiger partial charge in [0.15, 0.2) is 11.7 Å². The van der Waals surface area contributed by atoms with Crippen LogP contribution in [0.5, 0.6) is 0 Å². The first-order valence-electron chi connectivity index (χ1n) is 13.4. The molecule has 1 spiro atoms. The maximum Gasteiger partial charge on any atom is 0.220 e. The summed E-state index contributed by atoms with van der Waals surface area (Å²) in [5.74, 6) is -1.47. The third-order valence-corrected chi connectivity index (χ3v) is 9.39. The number of rotatable bonds is 9. The summed E-state index contributed by atoms with van der Waals surface area (Å²) in [7, 11) is 2.21. The number of nitrogens with zero attached hydrogens (tertiary/aromatic N) is 1. The Hall–Kier alpha value is -0.553. The average molecular weight is 515 g/mol. The van der Waals surface area contributed by atoms with Gasteiger partial charge in [0.1, 0.15) is 8.07 Å². The molecule has 0 aromatic carbocycles. The number of amides is 1. The number of likely N-dealkylation sites (N-methyl/N-ethyl adjacent to an activating group) is 1. The first-order valence-corrected chi connectivity index (χ1v) is 17.0. The van der Waals surface area contributed by atoms with Gasteiger partial charge in [-0.3, -0.25) is 4.79 Å². The zero-order chi connectivity index (χ0) is 26.1. The lowest BCUT2D eigenvalue weighted by Gasteiger charge is -2.48. The van der Waals surface area contributed by atoms with Crippen molar-refractivity contribution in [3.63, 3.8) is 0 Å². The Labute approximate surface area is 213 Å². The Bertz CT molecular complexity index is 717. The Morgan fingerprint density at radius 3 is 2.31 bits per heavy atom. The molecule has 2 aliphatic heterocycles. The number of carbonyl (C=O) groups is 1. The number of carbonyl (C=O) groups excluding carboxylic acids is 1. The van der Waals surface area contributed by atoms with Crippen LogP contribution in [0.1, 0.15) is 59.8 Å². The second-order valence-corrected chi connectivity index (χ2v) is 18.5. The molecule has 3 aliphatic rings. The second kappa shape index (κ2) is 11.1. The van der Waals surface area contributed by atoms with Gasteiger partial charge in [0, 0.05) is 43.2 Å². The average Bonchev–Trinajstić information content (AvgIpc) is 3.19. The fourth-order valence-corrected chi connectivity index (χ4v) is 6.19. The molecule has 0 aromatic rings. The van der Waals surface area contributed by atoms with Crippen LogP contribution in [0.25, 0.3) is 0 Å². The van der Waals surface area contributed by atoms with Crippen LogP contribution >= 0.6 is 0 Å². The summed E-state index contributed by atoms with van der Waals surface area (Å²) in [6.45, 7) is 18.1. The lowest BCUT2D eigenvalue weighted by atomic mass is 9.67. The van der Waals surface area contributed by atoms with E-state index in [9.17, 15) is 4.79 Å². The first kappa shape index (κ1) is 29.0. The van der Waals surface area contributed by atoms with E-state index in [1.165, 1.54) is 0 Å². The third-order valence-electron chi connectivity index (χ3n) is 7.77. The molecule has 1 amide bonds. The van der Waals surface area contributed by atoms with Crippen molar-refractivity contribution in [1.29, 1.82) is 0 Å². The van der Waals surface area contributed by atoms with E-state index in [1.54, 1.807) is 0 Å². The number of hydrogen-bond donors (Lipinski definition) is 1. The molecular formula is C26H50N2O6Si. The summed E-state index contributed by atoms with van der Waals surface area (Å²) < 4.78 is 19.1. The lowest BCUT2D eigenvalue weighted by Crippen LogP contribution is -2.55. The van der Waals surface area contributed by atoms with Crippen molar-refractivity contribution in [2.75, 3.05) is 40.4 Å². The molecule has 35 heavy (non-hydrogen) atoms. The number of ether oxygens (including phenoxy) is 3. The van der Waals surface area contributed by atoms with E-state index < -0.39 is 19.6 Å². The van der Waals surface area contributed by atoms with Gasteiger partial charge in [-0.05, 0) is 46.2 Å². The highest BCUT2D eigenvalue weighted by Gasteiger charge is 2.60. The Kier molecular flexibility index (Phi) is 9.16. The minimum absolute atomic E-state index is 0.0278. The smallest absolute Gasteiger partial charge is 0.220 e. The lowest BCUT2D eigenvalue weighted by molar-refractivity contribution is -0.370.